The molecule has 4 aromatic rings. The summed E-state index contributed by atoms with van der Waals surface area (Å²) in [5, 5.41) is 9.92. The minimum Gasteiger partial charge on any atom is -0.419 e. The van der Waals surface area contributed by atoms with Crippen molar-refractivity contribution >= 4 is 34.5 Å². The van der Waals surface area contributed by atoms with Crippen molar-refractivity contribution in [2.24, 2.45) is 0 Å². The molecule has 0 unspecified atom stereocenters. The Morgan fingerprint density at radius 1 is 1.10 bits per heavy atom. The van der Waals surface area contributed by atoms with Gasteiger partial charge in [0.25, 0.3) is 0 Å². The van der Waals surface area contributed by atoms with Crippen LogP contribution in [0.25, 0.3) is 28.4 Å². The van der Waals surface area contributed by atoms with E-state index in [9.17, 15) is 4.79 Å². The first kappa shape index (κ1) is 19.5. The van der Waals surface area contributed by atoms with Crippen LogP contribution in [0.4, 0.5) is 0 Å². The second-order valence-corrected chi connectivity index (χ2v) is 7.90. The fraction of sp³-hybridized carbons (Fsp3) is 0.167. The molecule has 0 atom stereocenters. The van der Waals surface area contributed by atoms with Gasteiger partial charge in [0.1, 0.15) is 0 Å². The molecule has 1 aliphatic carbocycles. The first-order valence-corrected chi connectivity index (χ1v) is 10.5. The zero-order chi connectivity index (χ0) is 21.2. The molecule has 0 spiro atoms. The highest BCUT2D eigenvalue weighted by atomic mass is 35.5. The Morgan fingerprint density at radius 3 is 2.71 bits per heavy atom. The Balaban J connectivity index is 1.34. The predicted molar refractivity (Wildman–Crippen MR) is 119 cm³/mol. The summed E-state index contributed by atoms with van der Waals surface area (Å²) in [6.45, 7) is 0.280. The summed E-state index contributed by atoms with van der Waals surface area (Å²) < 4.78 is 5.80. The van der Waals surface area contributed by atoms with Crippen LogP contribution in [0.2, 0.25) is 5.02 Å². The molecule has 31 heavy (non-hydrogen) atoms. The molecule has 1 aliphatic rings. The molecule has 0 bridgehead atoms. The highest BCUT2D eigenvalue weighted by Crippen LogP contribution is 2.29. The fourth-order valence-corrected chi connectivity index (χ4v) is 3.59. The van der Waals surface area contributed by atoms with Gasteiger partial charge < -0.3 is 9.32 Å². The van der Waals surface area contributed by atoms with Crippen molar-refractivity contribution in [3.63, 3.8) is 0 Å². The van der Waals surface area contributed by atoms with E-state index in [1.54, 1.807) is 29.3 Å². The summed E-state index contributed by atoms with van der Waals surface area (Å²) in [5.41, 5.74) is 2.57. The van der Waals surface area contributed by atoms with E-state index in [4.69, 9.17) is 16.0 Å². The van der Waals surface area contributed by atoms with Gasteiger partial charge in [0.2, 0.25) is 17.7 Å². The van der Waals surface area contributed by atoms with E-state index < -0.39 is 0 Å². The number of rotatable bonds is 6. The van der Waals surface area contributed by atoms with Crippen LogP contribution in [-0.4, -0.2) is 32.0 Å². The lowest BCUT2D eigenvalue weighted by Crippen LogP contribution is -2.31. The Hall–Kier alpha value is -3.51. The number of amides is 1. The number of pyridine rings is 1. The normalized spacial score (nSPS) is 13.7. The zero-order valence-electron chi connectivity index (χ0n) is 16.6. The van der Waals surface area contributed by atoms with E-state index in [1.165, 1.54) is 0 Å². The van der Waals surface area contributed by atoms with Gasteiger partial charge in [-0.15, -0.1) is 10.2 Å². The summed E-state index contributed by atoms with van der Waals surface area (Å²) in [6, 6.07) is 17.2. The van der Waals surface area contributed by atoms with Crippen LogP contribution in [0.3, 0.4) is 0 Å². The largest absolute Gasteiger partial charge is 0.419 e. The van der Waals surface area contributed by atoms with Crippen molar-refractivity contribution in [3.8, 4) is 11.5 Å². The van der Waals surface area contributed by atoms with Crippen LogP contribution in [-0.2, 0) is 11.3 Å². The Morgan fingerprint density at radius 2 is 1.90 bits per heavy atom. The molecule has 1 amide bonds. The number of carbonyl (C=O) groups is 1. The van der Waals surface area contributed by atoms with E-state index >= 15 is 0 Å². The van der Waals surface area contributed by atoms with Crippen molar-refractivity contribution in [1.82, 2.24) is 20.1 Å². The summed E-state index contributed by atoms with van der Waals surface area (Å²) in [6.07, 6.45) is 7.13. The molecule has 0 aliphatic heterocycles. The molecule has 0 radical (unpaired) electrons. The topological polar surface area (TPSA) is 72.1 Å². The van der Waals surface area contributed by atoms with Gasteiger partial charge in [0, 0.05) is 39.9 Å². The zero-order valence-corrected chi connectivity index (χ0v) is 17.4. The second kappa shape index (κ2) is 8.32. The van der Waals surface area contributed by atoms with Crippen molar-refractivity contribution in [2.45, 2.75) is 25.4 Å². The lowest BCUT2D eigenvalue weighted by molar-refractivity contribution is -0.127. The summed E-state index contributed by atoms with van der Waals surface area (Å²) >= 11 is 5.93. The number of benzene rings is 2. The molecule has 6 nitrogen and oxygen atoms in total. The molecule has 5 rings (SSSR count). The fourth-order valence-electron chi connectivity index (χ4n) is 3.46. The van der Waals surface area contributed by atoms with E-state index in [1.807, 2.05) is 48.5 Å². The predicted octanol–water partition coefficient (Wildman–Crippen LogP) is 5.14. The molecule has 2 aromatic heterocycles. The number of hydrogen-bond donors (Lipinski definition) is 0. The van der Waals surface area contributed by atoms with Crippen LogP contribution in [0.5, 0.6) is 0 Å². The third-order valence-corrected chi connectivity index (χ3v) is 5.46. The molecular weight excluding hydrogens is 412 g/mol. The maximum Gasteiger partial charge on any atom is 0.247 e. The monoisotopic (exact) mass is 430 g/mol. The molecule has 154 valence electrons. The van der Waals surface area contributed by atoms with Gasteiger partial charge in [-0.2, -0.15) is 0 Å². The number of nitrogens with zero attached hydrogens (tertiary/aromatic N) is 4. The van der Waals surface area contributed by atoms with Crippen LogP contribution in [0, 0.1) is 0 Å². The van der Waals surface area contributed by atoms with Gasteiger partial charge >= 0.3 is 0 Å². The van der Waals surface area contributed by atoms with Crippen molar-refractivity contribution in [1.29, 1.82) is 0 Å². The number of aromatic nitrogens is 3. The van der Waals surface area contributed by atoms with Gasteiger partial charge in [0.05, 0.1) is 12.1 Å². The number of hydrogen-bond acceptors (Lipinski definition) is 5. The van der Waals surface area contributed by atoms with E-state index in [2.05, 4.69) is 15.2 Å². The Labute approximate surface area is 184 Å². The number of halogens is 1. The standard InChI is InChI=1S/C24H19ClN4O2/c25-19-9-6-18(7-10-19)24-28-27-21(31-24)15-29(20-11-12-20)22(30)13-8-17-4-1-3-16-5-2-14-26-23(16)17/h1-10,13-14,20H,11-12,15H2/b13-8+. The SMILES string of the molecule is O=C(/C=C/c1cccc2cccnc12)N(Cc1nnc(-c2ccc(Cl)cc2)o1)C1CC1. The van der Waals surface area contributed by atoms with Gasteiger partial charge in [-0.1, -0.05) is 35.9 Å². The molecule has 2 heterocycles. The number of carbonyl (C=O) groups excluding carboxylic acids is 1. The molecule has 7 heteroatoms. The highest BCUT2D eigenvalue weighted by molar-refractivity contribution is 6.30. The van der Waals surface area contributed by atoms with Crippen molar-refractivity contribution in [3.05, 3.63) is 83.3 Å². The lowest BCUT2D eigenvalue weighted by atomic mass is 10.1. The second-order valence-electron chi connectivity index (χ2n) is 7.46. The van der Waals surface area contributed by atoms with E-state index in [0.29, 0.717) is 16.8 Å². The quantitative estimate of drug-likeness (QED) is 0.396. The van der Waals surface area contributed by atoms with Gasteiger partial charge in [0.15, 0.2) is 0 Å². The van der Waals surface area contributed by atoms with Crippen LogP contribution in [0.15, 0.2) is 71.3 Å². The number of para-hydroxylation sites is 1. The third-order valence-electron chi connectivity index (χ3n) is 5.20. The Kier molecular flexibility index (Phi) is 5.22. The van der Waals surface area contributed by atoms with Gasteiger partial charge in [-0.05, 0) is 49.2 Å². The summed E-state index contributed by atoms with van der Waals surface area (Å²) in [5.74, 6) is 0.735. The molecule has 1 saturated carbocycles. The molecule has 2 aromatic carbocycles. The molecular formula is C24H19ClN4O2. The van der Waals surface area contributed by atoms with Crippen LogP contribution >= 0.6 is 11.6 Å². The van der Waals surface area contributed by atoms with Crippen LogP contribution < -0.4 is 0 Å². The highest BCUT2D eigenvalue weighted by Gasteiger charge is 2.32. The smallest absolute Gasteiger partial charge is 0.247 e. The summed E-state index contributed by atoms with van der Waals surface area (Å²) in [7, 11) is 0. The lowest BCUT2D eigenvalue weighted by Gasteiger charge is -2.18. The molecule has 0 saturated heterocycles. The first-order chi connectivity index (χ1) is 15.2. The maximum absolute atomic E-state index is 13.0. The molecule has 0 N–H and O–H groups in total. The maximum atomic E-state index is 13.0. The molecule has 1 fully saturated rings. The van der Waals surface area contributed by atoms with E-state index in [0.717, 1.165) is 34.9 Å². The number of fused-ring (bicyclic) bond motifs is 1. The summed E-state index contributed by atoms with van der Waals surface area (Å²) in [4.78, 5) is 19.2. The average molecular weight is 431 g/mol. The van der Waals surface area contributed by atoms with E-state index in [-0.39, 0.29) is 18.5 Å². The third kappa shape index (κ3) is 4.34. The first-order valence-electron chi connectivity index (χ1n) is 10.1. The van der Waals surface area contributed by atoms with Crippen molar-refractivity contribution in [2.75, 3.05) is 0 Å². The van der Waals surface area contributed by atoms with Crippen LogP contribution in [0.1, 0.15) is 24.3 Å². The Bertz CT molecular complexity index is 1260. The average Bonchev–Trinajstić information content (AvgIpc) is 3.54. The van der Waals surface area contributed by atoms with Gasteiger partial charge in [-0.25, -0.2) is 0 Å². The van der Waals surface area contributed by atoms with Crippen molar-refractivity contribution < 1.29 is 9.21 Å². The minimum atomic E-state index is -0.0818. The minimum absolute atomic E-state index is 0.0818. The van der Waals surface area contributed by atoms with Gasteiger partial charge in [-0.3, -0.25) is 9.78 Å².